The normalized spacial score (nSPS) is 10.7. The fourth-order valence-electron chi connectivity index (χ4n) is 2.38. The molecule has 0 saturated carbocycles. The minimum absolute atomic E-state index is 0.990. The van der Waals surface area contributed by atoms with E-state index in [-0.39, 0.29) is 0 Å². The number of carbonyl (C=O) groups excluding carboxylic acids is 2. The van der Waals surface area contributed by atoms with E-state index in [0.29, 0.717) is 0 Å². The van der Waals surface area contributed by atoms with E-state index in [9.17, 15) is 19.8 Å². The lowest BCUT2D eigenvalue weighted by Crippen LogP contribution is -2.33. The minimum atomic E-state index is -1.63. The highest BCUT2D eigenvalue weighted by atomic mass is 16.4. The van der Waals surface area contributed by atoms with E-state index in [1.54, 1.807) is 0 Å². The first-order valence-electron chi connectivity index (χ1n) is 9.37. The van der Waals surface area contributed by atoms with Gasteiger partial charge in [0.05, 0.1) is 42.3 Å². The van der Waals surface area contributed by atoms with Crippen molar-refractivity contribution in [2.75, 3.05) is 42.3 Å². The average molecular weight is 403 g/mol. The Morgan fingerprint density at radius 2 is 0.897 bits per heavy atom. The molecule has 0 atom stereocenters. The van der Waals surface area contributed by atoms with Crippen LogP contribution in [0.4, 0.5) is 0 Å². The molecule has 160 valence electrons. The average Bonchev–Trinajstić information content (AvgIpc) is 2.53. The lowest BCUT2D eigenvalue weighted by atomic mass is 10.2. The maximum Gasteiger partial charge on any atom is 0.104 e. The summed E-state index contributed by atoms with van der Waals surface area (Å²) in [7, 11) is 13.2. The van der Waals surface area contributed by atoms with Gasteiger partial charge < -0.3 is 28.8 Å². The van der Waals surface area contributed by atoms with Gasteiger partial charge >= 0.3 is 0 Å². The summed E-state index contributed by atoms with van der Waals surface area (Å²) < 4.78 is 1.98. The van der Waals surface area contributed by atoms with Crippen molar-refractivity contribution in [3.05, 3.63) is 71.8 Å². The third-order valence-electron chi connectivity index (χ3n) is 3.29. The van der Waals surface area contributed by atoms with Gasteiger partial charge in [-0.1, -0.05) is 60.7 Å². The number of quaternary nitrogens is 2. The number of carbonyl (C=O) groups is 2. The maximum absolute atomic E-state index is 9.28. The third-order valence-corrected chi connectivity index (χ3v) is 3.29. The first kappa shape index (κ1) is 26.3. The molecule has 0 saturated heterocycles. The van der Waals surface area contributed by atoms with Crippen LogP contribution in [0.2, 0.25) is 0 Å². The molecule has 0 N–H and O–H groups in total. The van der Waals surface area contributed by atoms with Crippen molar-refractivity contribution in [3.8, 4) is 0 Å². The lowest BCUT2D eigenvalue weighted by molar-refractivity contribution is -0.884. The number of hydrogen-bond acceptors (Lipinski definition) is 4. The summed E-state index contributed by atoms with van der Waals surface area (Å²) in [5.41, 5.74) is 2.81. The van der Waals surface area contributed by atoms with Gasteiger partial charge in [-0.05, 0) is 0 Å². The molecule has 0 bridgehead atoms. The minimum Gasteiger partial charge on any atom is -0.550 e. The second-order valence-corrected chi connectivity index (χ2v) is 8.79. The van der Waals surface area contributed by atoms with Gasteiger partial charge in [-0.2, -0.15) is 0 Å². The van der Waals surface area contributed by atoms with Crippen molar-refractivity contribution >= 4 is 11.9 Å². The summed E-state index contributed by atoms with van der Waals surface area (Å²) in [4.78, 5) is 18.6. The number of carboxylic acid groups (broad SMARTS) is 2. The highest BCUT2D eigenvalue weighted by molar-refractivity contribution is 5.86. The number of benzene rings is 2. The fraction of sp³-hybridized carbons (Fsp3) is 0.391. The second kappa shape index (κ2) is 12.7. The van der Waals surface area contributed by atoms with Crippen LogP contribution in [0.25, 0.3) is 0 Å². The molecular formula is C23H34N2O4. The Balaban J connectivity index is 0.000000419. The predicted molar refractivity (Wildman–Crippen MR) is 111 cm³/mol. The summed E-state index contributed by atoms with van der Waals surface area (Å²) in [6, 6.07) is 21.1. The van der Waals surface area contributed by atoms with E-state index in [4.69, 9.17) is 0 Å². The molecule has 0 heterocycles. The van der Waals surface area contributed by atoms with Crippen molar-refractivity contribution in [1.29, 1.82) is 0 Å². The summed E-state index contributed by atoms with van der Waals surface area (Å²) in [5.74, 6) is -3.25. The SMILES string of the molecule is C[N+](C)(C)Cc1ccccc1.C[N+](C)(C)Cc1ccccc1.O=C([O-])CC(=O)[O-]. The molecular weight excluding hydrogens is 368 g/mol. The van der Waals surface area contributed by atoms with Gasteiger partial charge in [0.1, 0.15) is 13.1 Å². The van der Waals surface area contributed by atoms with E-state index >= 15 is 0 Å². The van der Waals surface area contributed by atoms with Gasteiger partial charge in [0.2, 0.25) is 0 Å². The molecule has 0 spiro atoms. The molecule has 0 aliphatic carbocycles. The Morgan fingerprint density at radius 1 is 0.621 bits per heavy atom. The fourth-order valence-corrected chi connectivity index (χ4v) is 2.38. The number of aliphatic carboxylic acids is 2. The number of carboxylic acids is 2. The number of hydrogen-bond donors (Lipinski definition) is 0. The molecule has 0 fully saturated rings. The van der Waals surface area contributed by atoms with E-state index in [1.807, 2.05) is 0 Å². The Labute approximate surface area is 174 Å². The van der Waals surface area contributed by atoms with Crippen LogP contribution >= 0.6 is 0 Å². The summed E-state index contributed by atoms with van der Waals surface area (Å²) in [5, 5.41) is 18.6. The van der Waals surface area contributed by atoms with Gasteiger partial charge in [-0.15, -0.1) is 0 Å². The van der Waals surface area contributed by atoms with Crippen LogP contribution in [-0.4, -0.2) is 63.2 Å². The van der Waals surface area contributed by atoms with Gasteiger partial charge in [0.15, 0.2) is 0 Å². The molecule has 2 rings (SSSR count). The quantitative estimate of drug-likeness (QED) is 0.525. The summed E-state index contributed by atoms with van der Waals surface area (Å²) >= 11 is 0. The third kappa shape index (κ3) is 18.4. The van der Waals surface area contributed by atoms with E-state index in [0.717, 1.165) is 22.1 Å². The Morgan fingerprint density at radius 3 is 1.07 bits per heavy atom. The van der Waals surface area contributed by atoms with Crippen molar-refractivity contribution in [2.24, 2.45) is 0 Å². The first-order valence-corrected chi connectivity index (χ1v) is 9.37. The Bertz CT molecular complexity index is 655. The van der Waals surface area contributed by atoms with Gasteiger partial charge in [0.25, 0.3) is 0 Å². The van der Waals surface area contributed by atoms with Crippen LogP contribution in [0, 0.1) is 0 Å². The van der Waals surface area contributed by atoms with Crippen molar-refractivity contribution < 1.29 is 28.8 Å². The van der Waals surface area contributed by atoms with Gasteiger partial charge in [-0.3, -0.25) is 0 Å². The van der Waals surface area contributed by atoms with Crippen LogP contribution in [0.1, 0.15) is 17.5 Å². The topological polar surface area (TPSA) is 80.3 Å². The second-order valence-electron chi connectivity index (χ2n) is 8.79. The smallest absolute Gasteiger partial charge is 0.104 e. The summed E-state index contributed by atoms with van der Waals surface area (Å²) in [6.07, 6.45) is -1.03. The largest absolute Gasteiger partial charge is 0.550 e. The van der Waals surface area contributed by atoms with Crippen LogP contribution < -0.4 is 10.2 Å². The highest BCUT2D eigenvalue weighted by Crippen LogP contribution is 2.05. The van der Waals surface area contributed by atoms with Crippen LogP contribution in [0.3, 0.4) is 0 Å². The molecule has 2 aromatic rings. The van der Waals surface area contributed by atoms with Gasteiger partial charge in [-0.25, -0.2) is 0 Å². The lowest BCUT2D eigenvalue weighted by Gasteiger charge is -2.23. The predicted octanol–water partition coefficient (Wildman–Crippen LogP) is 0.662. The molecule has 6 nitrogen and oxygen atoms in total. The molecule has 0 amide bonds. The molecule has 0 unspecified atom stereocenters. The maximum atomic E-state index is 9.28. The van der Waals surface area contributed by atoms with E-state index in [1.165, 1.54) is 11.1 Å². The molecule has 29 heavy (non-hydrogen) atoms. The van der Waals surface area contributed by atoms with Crippen molar-refractivity contribution in [1.82, 2.24) is 0 Å². The Hall–Kier alpha value is -2.70. The first-order chi connectivity index (χ1) is 13.3. The van der Waals surface area contributed by atoms with E-state index < -0.39 is 18.4 Å². The Kier molecular flexibility index (Phi) is 11.5. The van der Waals surface area contributed by atoms with E-state index in [2.05, 4.69) is 103 Å². The zero-order valence-electron chi connectivity index (χ0n) is 18.4. The van der Waals surface area contributed by atoms with Crippen LogP contribution in [0.15, 0.2) is 60.7 Å². The molecule has 6 heteroatoms. The molecule has 0 aliphatic rings. The zero-order chi connectivity index (χ0) is 22.5. The van der Waals surface area contributed by atoms with Crippen molar-refractivity contribution in [2.45, 2.75) is 19.5 Å². The monoisotopic (exact) mass is 402 g/mol. The molecule has 0 aliphatic heterocycles. The van der Waals surface area contributed by atoms with Crippen LogP contribution in [0.5, 0.6) is 0 Å². The standard InChI is InChI=1S/2C10H16N.C3H4O4/c2*1-11(2,3)9-10-7-5-4-6-8-10;4-2(5)1-3(6)7/h2*4-8H,9H2,1-3H3;1H2,(H,4,5)(H,6,7)/q2*+1;/p-2. The number of rotatable bonds is 6. The molecule has 0 radical (unpaired) electrons. The number of nitrogens with zero attached hydrogens (tertiary/aromatic N) is 2. The summed E-state index contributed by atoms with van der Waals surface area (Å²) in [6.45, 7) is 2.20. The highest BCUT2D eigenvalue weighted by Gasteiger charge is 2.07. The zero-order valence-corrected chi connectivity index (χ0v) is 18.4. The van der Waals surface area contributed by atoms with Gasteiger partial charge in [0, 0.05) is 29.5 Å². The molecule has 2 aromatic carbocycles. The van der Waals surface area contributed by atoms with Crippen molar-refractivity contribution in [3.63, 3.8) is 0 Å². The van der Waals surface area contributed by atoms with Crippen LogP contribution in [-0.2, 0) is 22.7 Å². The molecule has 0 aromatic heterocycles.